The number of rotatable bonds is 7. The van der Waals surface area contributed by atoms with Crippen molar-refractivity contribution in [1.29, 1.82) is 0 Å². The van der Waals surface area contributed by atoms with E-state index in [4.69, 9.17) is 10.1 Å². The van der Waals surface area contributed by atoms with Crippen LogP contribution < -0.4 is 9.80 Å². The van der Waals surface area contributed by atoms with Crippen molar-refractivity contribution < 1.29 is 9.50 Å². The van der Waals surface area contributed by atoms with Gasteiger partial charge in [-0.05, 0) is 66.9 Å². The van der Waals surface area contributed by atoms with Gasteiger partial charge in [0, 0.05) is 51.0 Å². The molecule has 2 saturated heterocycles. The number of piperazine rings is 1. The standard InChI is InChI=1S/C32H33FN8O/c33-25-5-1-4-24(20-25)28-8-3-13-40(28)31-10-9-30-35-22-29(41(30)37-31)27-7-2-6-26(36-27)23-11-12-34-32(21-23)39-16-14-38(15-17-39)18-19-42/h1-2,4-7,9-12,20-22,28,42H,3,8,13-19H2/t28-/m1/s1. The predicted molar refractivity (Wildman–Crippen MR) is 161 cm³/mol. The third-order valence-corrected chi connectivity index (χ3v) is 8.29. The van der Waals surface area contributed by atoms with Crippen molar-refractivity contribution in [1.82, 2.24) is 29.5 Å². The number of anilines is 2. The number of benzene rings is 1. The first-order valence-corrected chi connectivity index (χ1v) is 14.6. The van der Waals surface area contributed by atoms with E-state index in [0.717, 1.165) is 91.1 Å². The molecule has 0 unspecified atom stereocenters. The van der Waals surface area contributed by atoms with Gasteiger partial charge in [0.2, 0.25) is 0 Å². The number of hydrogen-bond donors (Lipinski definition) is 1. The lowest BCUT2D eigenvalue weighted by molar-refractivity contribution is 0.188. The van der Waals surface area contributed by atoms with Crippen LogP contribution in [0.1, 0.15) is 24.4 Å². The Hall–Kier alpha value is -4.41. The van der Waals surface area contributed by atoms with E-state index < -0.39 is 0 Å². The molecule has 5 aromatic rings. The highest BCUT2D eigenvalue weighted by Gasteiger charge is 2.28. The van der Waals surface area contributed by atoms with Gasteiger partial charge < -0.3 is 14.9 Å². The van der Waals surface area contributed by atoms with Crippen LogP contribution in [0.15, 0.2) is 79.1 Å². The van der Waals surface area contributed by atoms with Gasteiger partial charge >= 0.3 is 0 Å². The number of aliphatic hydroxyl groups excluding tert-OH is 1. The van der Waals surface area contributed by atoms with E-state index in [1.54, 1.807) is 12.1 Å². The Balaban J connectivity index is 1.17. The number of imidazole rings is 1. The van der Waals surface area contributed by atoms with Crippen LogP contribution in [-0.4, -0.2) is 80.4 Å². The van der Waals surface area contributed by atoms with Crippen LogP contribution in [0.4, 0.5) is 16.0 Å². The number of aliphatic hydroxyl groups is 1. The van der Waals surface area contributed by atoms with E-state index in [1.807, 2.05) is 59.4 Å². The largest absolute Gasteiger partial charge is 0.395 e. The highest BCUT2D eigenvalue weighted by molar-refractivity contribution is 5.68. The van der Waals surface area contributed by atoms with E-state index in [9.17, 15) is 9.50 Å². The van der Waals surface area contributed by atoms with Gasteiger partial charge in [-0.25, -0.2) is 23.9 Å². The molecule has 6 heterocycles. The molecule has 0 amide bonds. The van der Waals surface area contributed by atoms with E-state index in [1.165, 1.54) is 6.07 Å². The molecule has 42 heavy (non-hydrogen) atoms. The van der Waals surface area contributed by atoms with Crippen LogP contribution >= 0.6 is 0 Å². The Morgan fingerprint density at radius 2 is 1.71 bits per heavy atom. The van der Waals surface area contributed by atoms with Gasteiger partial charge in [0.05, 0.1) is 30.2 Å². The number of pyridine rings is 2. The summed E-state index contributed by atoms with van der Waals surface area (Å²) in [4.78, 5) is 21.1. The highest BCUT2D eigenvalue weighted by Crippen LogP contribution is 2.36. The number of aromatic nitrogens is 5. The fourth-order valence-corrected chi connectivity index (χ4v) is 6.12. The molecule has 2 fully saturated rings. The van der Waals surface area contributed by atoms with Crippen LogP contribution in [0, 0.1) is 5.82 Å². The molecule has 1 N–H and O–H groups in total. The van der Waals surface area contributed by atoms with Crippen molar-refractivity contribution in [2.24, 2.45) is 0 Å². The maximum absolute atomic E-state index is 14.0. The molecule has 10 heteroatoms. The van der Waals surface area contributed by atoms with E-state index in [0.29, 0.717) is 6.54 Å². The summed E-state index contributed by atoms with van der Waals surface area (Å²) in [6.45, 7) is 5.32. The van der Waals surface area contributed by atoms with Crippen molar-refractivity contribution in [2.75, 3.05) is 55.7 Å². The van der Waals surface area contributed by atoms with Crippen molar-refractivity contribution in [3.63, 3.8) is 0 Å². The number of nitrogens with zero attached hydrogens (tertiary/aromatic N) is 8. The molecule has 7 rings (SSSR count). The zero-order chi connectivity index (χ0) is 28.5. The van der Waals surface area contributed by atoms with Gasteiger partial charge in [-0.15, -0.1) is 5.10 Å². The lowest BCUT2D eigenvalue weighted by atomic mass is 10.0. The van der Waals surface area contributed by atoms with E-state index >= 15 is 0 Å². The van der Waals surface area contributed by atoms with Crippen molar-refractivity contribution in [3.8, 4) is 22.6 Å². The van der Waals surface area contributed by atoms with Gasteiger partial charge in [-0.3, -0.25) is 4.90 Å². The number of fused-ring (bicyclic) bond motifs is 1. The first-order valence-electron chi connectivity index (χ1n) is 14.6. The average molecular weight is 565 g/mol. The summed E-state index contributed by atoms with van der Waals surface area (Å²) in [5.41, 5.74) is 5.16. The highest BCUT2D eigenvalue weighted by atomic mass is 19.1. The Kier molecular flexibility index (Phi) is 7.23. The second kappa shape index (κ2) is 11.5. The monoisotopic (exact) mass is 564 g/mol. The van der Waals surface area contributed by atoms with Crippen LogP contribution in [0.2, 0.25) is 0 Å². The first kappa shape index (κ1) is 26.5. The maximum atomic E-state index is 14.0. The van der Waals surface area contributed by atoms with Crippen LogP contribution in [0.25, 0.3) is 28.3 Å². The Morgan fingerprint density at radius 3 is 2.57 bits per heavy atom. The molecular formula is C32H33FN8O. The quantitative estimate of drug-likeness (QED) is 0.311. The Labute approximate surface area is 243 Å². The van der Waals surface area contributed by atoms with Crippen LogP contribution in [0.3, 0.4) is 0 Å². The normalized spacial score (nSPS) is 17.8. The SMILES string of the molecule is OCCN1CCN(c2cc(-c3cccc(-c4cnc5ccc(N6CCC[C@@H]6c6cccc(F)c6)nn45)n3)ccn2)CC1. The van der Waals surface area contributed by atoms with E-state index in [2.05, 4.69) is 30.7 Å². The van der Waals surface area contributed by atoms with Gasteiger partial charge in [-0.2, -0.15) is 0 Å². The third kappa shape index (κ3) is 5.19. The minimum Gasteiger partial charge on any atom is -0.395 e. The summed E-state index contributed by atoms with van der Waals surface area (Å²) < 4.78 is 15.9. The Bertz CT molecular complexity index is 1700. The average Bonchev–Trinajstić information content (AvgIpc) is 3.69. The zero-order valence-corrected chi connectivity index (χ0v) is 23.3. The molecule has 4 aromatic heterocycles. The summed E-state index contributed by atoms with van der Waals surface area (Å²) in [5, 5.41) is 14.2. The summed E-state index contributed by atoms with van der Waals surface area (Å²) in [5.74, 6) is 1.55. The smallest absolute Gasteiger partial charge is 0.154 e. The number of hydrogen-bond acceptors (Lipinski definition) is 8. The zero-order valence-electron chi connectivity index (χ0n) is 23.3. The van der Waals surface area contributed by atoms with Crippen molar-refractivity contribution >= 4 is 17.3 Å². The number of β-amino-alcohol motifs (C(OH)–C–C–N with tert-alkyl or cyclic N) is 1. The fraction of sp³-hybridized carbons (Fsp3) is 0.312. The van der Waals surface area contributed by atoms with Crippen LogP contribution in [-0.2, 0) is 0 Å². The molecular weight excluding hydrogens is 531 g/mol. The summed E-state index contributed by atoms with van der Waals surface area (Å²) >= 11 is 0. The lowest BCUT2D eigenvalue weighted by Gasteiger charge is -2.35. The minimum atomic E-state index is -0.215. The van der Waals surface area contributed by atoms with Crippen LogP contribution in [0.5, 0.6) is 0 Å². The molecule has 0 aliphatic carbocycles. The molecule has 0 radical (unpaired) electrons. The number of halogens is 1. The Morgan fingerprint density at radius 1 is 0.857 bits per heavy atom. The van der Waals surface area contributed by atoms with Crippen molar-refractivity contribution in [3.05, 3.63) is 90.5 Å². The second-order valence-corrected chi connectivity index (χ2v) is 10.9. The molecule has 9 nitrogen and oxygen atoms in total. The maximum Gasteiger partial charge on any atom is 0.154 e. The predicted octanol–water partition coefficient (Wildman–Crippen LogP) is 4.45. The summed E-state index contributed by atoms with van der Waals surface area (Å²) in [6, 6.07) is 21.0. The molecule has 0 saturated carbocycles. The van der Waals surface area contributed by atoms with Gasteiger partial charge in [0.1, 0.15) is 23.1 Å². The van der Waals surface area contributed by atoms with Gasteiger partial charge in [0.25, 0.3) is 0 Å². The minimum absolute atomic E-state index is 0.0811. The van der Waals surface area contributed by atoms with Gasteiger partial charge in [-0.1, -0.05) is 18.2 Å². The second-order valence-electron chi connectivity index (χ2n) is 10.9. The molecule has 0 spiro atoms. The first-order chi connectivity index (χ1) is 20.7. The van der Waals surface area contributed by atoms with Crippen molar-refractivity contribution in [2.45, 2.75) is 18.9 Å². The molecule has 214 valence electrons. The fourth-order valence-electron chi connectivity index (χ4n) is 6.12. The molecule has 2 aliphatic rings. The molecule has 1 aromatic carbocycles. The lowest BCUT2D eigenvalue weighted by Crippen LogP contribution is -2.47. The molecule has 0 bridgehead atoms. The molecule has 2 aliphatic heterocycles. The van der Waals surface area contributed by atoms with E-state index in [-0.39, 0.29) is 18.5 Å². The summed E-state index contributed by atoms with van der Waals surface area (Å²) in [6.07, 6.45) is 5.63. The van der Waals surface area contributed by atoms with Gasteiger partial charge in [0.15, 0.2) is 5.65 Å². The molecule has 1 atom stereocenters. The third-order valence-electron chi connectivity index (χ3n) is 8.29. The summed E-state index contributed by atoms with van der Waals surface area (Å²) in [7, 11) is 0. The topological polar surface area (TPSA) is 85.9 Å².